The number of hydrogen-bond acceptors (Lipinski definition) is 5. The van der Waals surface area contributed by atoms with Crippen LogP contribution < -0.4 is 5.32 Å². The molecular weight excluding hydrogens is 755 g/mol. The third kappa shape index (κ3) is 43.0. The summed E-state index contributed by atoms with van der Waals surface area (Å²) in [5.74, 6) is -0.582. The molecule has 0 saturated carbocycles. The largest absolute Gasteiger partial charge is 0.462 e. The van der Waals surface area contributed by atoms with E-state index in [9.17, 15) is 19.8 Å². The number of rotatable bonds is 42. The maximum absolute atomic E-state index is 13.2. The van der Waals surface area contributed by atoms with Crippen LogP contribution in [0.2, 0.25) is 0 Å². The molecule has 3 N–H and O–H groups in total. The first kappa shape index (κ1) is 57.5. The molecule has 0 aromatic carbocycles. The van der Waals surface area contributed by atoms with E-state index in [1.165, 1.54) is 70.6 Å². The van der Waals surface area contributed by atoms with Crippen LogP contribution in [0.25, 0.3) is 0 Å². The van der Waals surface area contributed by atoms with E-state index >= 15 is 0 Å². The van der Waals surface area contributed by atoms with E-state index in [2.05, 4.69) is 74.7 Å². The Bertz CT molecular complexity index is 1270. The Morgan fingerprint density at radius 3 is 1.44 bits per heavy atom. The highest BCUT2D eigenvalue weighted by atomic mass is 16.5. The fourth-order valence-corrected chi connectivity index (χ4v) is 6.83. The Labute approximate surface area is 375 Å². The van der Waals surface area contributed by atoms with Gasteiger partial charge in [0, 0.05) is 6.42 Å². The molecule has 0 fully saturated rings. The second-order valence-electron chi connectivity index (χ2n) is 16.3. The molecule has 0 radical (unpaired) electrons. The van der Waals surface area contributed by atoms with Gasteiger partial charge >= 0.3 is 5.97 Å². The first-order valence-electron chi connectivity index (χ1n) is 24.7. The minimum absolute atomic E-state index is 0.0140. The Morgan fingerprint density at radius 2 is 0.934 bits per heavy atom. The van der Waals surface area contributed by atoms with Crippen LogP contribution in [-0.4, -0.2) is 46.9 Å². The highest BCUT2D eigenvalue weighted by Gasteiger charge is 2.24. The molecule has 0 aliphatic heterocycles. The fourth-order valence-electron chi connectivity index (χ4n) is 6.83. The molecule has 346 valence electrons. The maximum Gasteiger partial charge on any atom is 0.306 e. The van der Waals surface area contributed by atoms with Crippen molar-refractivity contribution in [1.29, 1.82) is 0 Å². The van der Waals surface area contributed by atoms with E-state index in [0.29, 0.717) is 19.3 Å². The van der Waals surface area contributed by atoms with Crippen molar-refractivity contribution in [2.75, 3.05) is 6.61 Å². The molecule has 0 spiro atoms. The van der Waals surface area contributed by atoms with Crippen molar-refractivity contribution >= 4 is 11.9 Å². The van der Waals surface area contributed by atoms with Crippen LogP contribution in [-0.2, 0) is 14.3 Å². The molecule has 6 heteroatoms. The van der Waals surface area contributed by atoms with Crippen LogP contribution in [0.4, 0.5) is 0 Å². The molecule has 3 atom stereocenters. The number of ether oxygens (including phenoxy) is 1. The number of carbonyl (C=O) groups excluding carboxylic acids is 2. The van der Waals surface area contributed by atoms with Crippen molar-refractivity contribution in [2.45, 2.75) is 219 Å². The van der Waals surface area contributed by atoms with Gasteiger partial charge in [0.15, 0.2) is 0 Å². The van der Waals surface area contributed by atoms with Crippen LogP contribution >= 0.6 is 0 Å². The van der Waals surface area contributed by atoms with E-state index in [-0.39, 0.29) is 24.9 Å². The Balaban J connectivity index is 4.68. The van der Waals surface area contributed by atoms with E-state index in [0.717, 1.165) is 83.5 Å². The van der Waals surface area contributed by atoms with Gasteiger partial charge in [-0.25, -0.2) is 0 Å². The molecule has 0 heterocycles. The number of unbranched alkanes of at least 4 members (excludes halogenated alkanes) is 19. The Kier molecular flexibility index (Phi) is 44.9. The standard InChI is InChI=1S/C55H91NO5/c1-4-7-10-13-16-19-22-24-25-26-27-28-30-33-36-39-42-45-48-55(60)61-51(46-43-40-37-34-31-21-18-15-12-9-6-3)49-54(59)56-52(50-57)53(58)47-44-41-38-35-32-29-23-20-17-14-11-8-5-2/h9-10,12-13,15-16,18-19,21-22,24-28,31,34,37,51-53,57-58H,4-8,11,14,17,20,23,29-30,32-33,35-36,38-50H2,1-3H3,(H,56,59)/b12-9+,13-10+,18-15+,19-16+,24-22+,26-25+,28-27+,31-21-,37-34-. The predicted molar refractivity (Wildman–Crippen MR) is 263 cm³/mol. The zero-order valence-electron chi connectivity index (χ0n) is 39.2. The molecule has 0 aromatic rings. The Hall–Kier alpha value is -3.48. The summed E-state index contributed by atoms with van der Waals surface area (Å²) in [6.45, 7) is 6.21. The minimum Gasteiger partial charge on any atom is -0.462 e. The van der Waals surface area contributed by atoms with Gasteiger partial charge in [0.1, 0.15) is 6.10 Å². The summed E-state index contributed by atoms with van der Waals surface area (Å²) in [6, 6.07) is -0.734. The van der Waals surface area contributed by atoms with Gasteiger partial charge in [-0.2, -0.15) is 0 Å². The second-order valence-corrected chi connectivity index (χ2v) is 16.3. The number of nitrogens with one attached hydrogen (secondary N) is 1. The van der Waals surface area contributed by atoms with Crippen molar-refractivity contribution in [3.63, 3.8) is 0 Å². The summed E-state index contributed by atoms with van der Waals surface area (Å²) in [5, 5.41) is 23.7. The predicted octanol–water partition coefficient (Wildman–Crippen LogP) is 14.7. The summed E-state index contributed by atoms with van der Waals surface area (Å²) in [7, 11) is 0. The van der Waals surface area contributed by atoms with Gasteiger partial charge < -0.3 is 20.3 Å². The maximum atomic E-state index is 13.2. The zero-order valence-corrected chi connectivity index (χ0v) is 39.2. The number of carbonyl (C=O) groups is 2. The molecule has 0 bridgehead atoms. The summed E-state index contributed by atoms with van der Waals surface area (Å²) in [5.41, 5.74) is 0. The number of aliphatic hydroxyl groups excluding tert-OH is 2. The zero-order chi connectivity index (χ0) is 44.5. The third-order valence-electron chi connectivity index (χ3n) is 10.5. The van der Waals surface area contributed by atoms with Gasteiger partial charge in [-0.15, -0.1) is 0 Å². The van der Waals surface area contributed by atoms with Crippen molar-refractivity contribution in [1.82, 2.24) is 5.32 Å². The number of allylic oxidation sites excluding steroid dienone is 18. The molecular formula is C55H91NO5. The topological polar surface area (TPSA) is 95.9 Å². The number of hydrogen-bond donors (Lipinski definition) is 3. The van der Waals surface area contributed by atoms with Gasteiger partial charge in [-0.05, 0) is 57.8 Å². The lowest BCUT2D eigenvalue weighted by molar-refractivity contribution is -0.151. The van der Waals surface area contributed by atoms with Crippen molar-refractivity contribution in [3.05, 3.63) is 109 Å². The molecule has 0 aliphatic rings. The highest BCUT2D eigenvalue weighted by molar-refractivity contribution is 5.77. The van der Waals surface area contributed by atoms with E-state index in [1.54, 1.807) is 0 Å². The highest BCUT2D eigenvalue weighted by Crippen LogP contribution is 2.16. The molecule has 6 nitrogen and oxygen atoms in total. The van der Waals surface area contributed by atoms with E-state index in [4.69, 9.17) is 4.74 Å². The Morgan fingerprint density at radius 1 is 0.492 bits per heavy atom. The van der Waals surface area contributed by atoms with Crippen LogP contribution in [0.3, 0.4) is 0 Å². The lowest BCUT2D eigenvalue weighted by Crippen LogP contribution is -2.46. The molecule has 1 amide bonds. The van der Waals surface area contributed by atoms with Crippen molar-refractivity contribution in [2.24, 2.45) is 0 Å². The smallest absolute Gasteiger partial charge is 0.306 e. The number of esters is 1. The lowest BCUT2D eigenvalue weighted by Gasteiger charge is -2.24. The van der Waals surface area contributed by atoms with Gasteiger partial charge in [0.2, 0.25) is 5.91 Å². The second kappa shape index (κ2) is 47.6. The summed E-state index contributed by atoms with van der Waals surface area (Å²) < 4.78 is 5.87. The van der Waals surface area contributed by atoms with Crippen molar-refractivity contribution < 1.29 is 24.5 Å². The number of amides is 1. The third-order valence-corrected chi connectivity index (χ3v) is 10.5. The minimum atomic E-state index is -0.816. The summed E-state index contributed by atoms with van der Waals surface area (Å²) >= 11 is 0. The van der Waals surface area contributed by atoms with E-state index in [1.807, 2.05) is 60.8 Å². The van der Waals surface area contributed by atoms with Gasteiger partial charge in [0.25, 0.3) is 0 Å². The first-order valence-corrected chi connectivity index (χ1v) is 24.7. The SMILES string of the molecule is CC/C=C/C=C/C=C\C=C/CCCC(CC(=O)NC(CO)C(O)CCCCCCCCCCCCCCC)OC(=O)CCCCCCC/C=C/C=C/C=C/C=C/C=C/CCC. The van der Waals surface area contributed by atoms with E-state index < -0.39 is 18.2 Å². The quantitative estimate of drug-likeness (QED) is 0.0323. The van der Waals surface area contributed by atoms with Crippen LogP contribution in [0.5, 0.6) is 0 Å². The normalized spacial score (nSPS) is 14.2. The van der Waals surface area contributed by atoms with Gasteiger partial charge in [-0.1, -0.05) is 239 Å². The number of aliphatic hydroxyl groups is 2. The van der Waals surface area contributed by atoms with Crippen LogP contribution in [0, 0.1) is 0 Å². The molecule has 0 saturated heterocycles. The molecule has 61 heavy (non-hydrogen) atoms. The molecule has 3 unspecified atom stereocenters. The molecule has 0 rings (SSSR count). The average Bonchev–Trinajstić information content (AvgIpc) is 3.25. The fraction of sp³-hybridized carbons (Fsp3) is 0.636. The van der Waals surface area contributed by atoms with Crippen LogP contribution in [0.15, 0.2) is 109 Å². The summed E-state index contributed by atoms with van der Waals surface area (Å²) in [6.07, 6.45) is 64.3. The van der Waals surface area contributed by atoms with Crippen molar-refractivity contribution in [3.8, 4) is 0 Å². The molecule has 0 aromatic heterocycles. The van der Waals surface area contributed by atoms with Crippen LogP contribution in [0.1, 0.15) is 201 Å². The average molecular weight is 846 g/mol. The first-order chi connectivity index (χ1) is 30.0. The monoisotopic (exact) mass is 846 g/mol. The summed E-state index contributed by atoms with van der Waals surface area (Å²) in [4.78, 5) is 26.1. The molecule has 0 aliphatic carbocycles. The lowest BCUT2D eigenvalue weighted by atomic mass is 10.0. The van der Waals surface area contributed by atoms with Gasteiger partial charge in [0.05, 0.1) is 25.2 Å². The van der Waals surface area contributed by atoms with Gasteiger partial charge in [-0.3, -0.25) is 9.59 Å².